The van der Waals surface area contributed by atoms with Gasteiger partial charge in [0.2, 0.25) is 0 Å². The van der Waals surface area contributed by atoms with E-state index in [1.54, 1.807) is 19.2 Å². The van der Waals surface area contributed by atoms with Crippen LogP contribution in [-0.4, -0.2) is 10.6 Å². The monoisotopic (exact) mass is 284 g/mol. The van der Waals surface area contributed by atoms with E-state index >= 15 is 0 Å². The molecule has 0 aliphatic rings. The van der Waals surface area contributed by atoms with Gasteiger partial charge >= 0.3 is 6.18 Å². The molecular formula is C15H19F3N2. The van der Waals surface area contributed by atoms with Gasteiger partial charge in [-0.2, -0.15) is 13.2 Å². The number of rotatable bonds is 3. The van der Waals surface area contributed by atoms with Crippen molar-refractivity contribution in [3.8, 4) is 0 Å². The van der Waals surface area contributed by atoms with E-state index < -0.39 is 11.7 Å². The number of fused-ring (bicyclic) bond motifs is 1. The molecule has 2 nitrogen and oxygen atoms in total. The lowest BCUT2D eigenvalue weighted by molar-refractivity contribution is -0.136. The van der Waals surface area contributed by atoms with Crippen LogP contribution in [0.3, 0.4) is 0 Å². The number of hydrogen-bond acceptors (Lipinski definition) is 1. The van der Waals surface area contributed by atoms with Crippen molar-refractivity contribution < 1.29 is 13.2 Å². The molecule has 0 saturated carbocycles. The van der Waals surface area contributed by atoms with Crippen molar-refractivity contribution in [2.24, 2.45) is 5.73 Å². The summed E-state index contributed by atoms with van der Waals surface area (Å²) in [5.41, 5.74) is 6.47. The minimum Gasteiger partial charge on any atom is -0.345 e. The van der Waals surface area contributed by atoms with Gasteiger partial charge in [-0.3, -0.25) is 0 Å². The third kappa shape index (κ3) is 2.68. The van der Waals surface area contributed by atoms with Crippen molar-refractivity contribution in [3.63, 3.8) is 0 Å². The van der Waals surface area contributed by atoms with Gasteiger partial charge in [-0.25, -0.2) is 0 Å². The molecule has 0 spiro atoms. The van der Waals surface area contributed by atoms with E-state index in [9.17, 15) is 13.2 Å². The molecule has 1 unspecified atom stereocenters. The summed E-state index contributed by atoms with van der Waals surface area (Å²) in [6.45, 7) is 5.71. The van der Waals surface area contributed by atoms with Gasteiger partial charge in [0.15, 0.2) is 0 Å². The third-order valence-corrected chi connectivity index (χ3v) is 3.34. The zero-order valence-corrected chi connectivity index (χ0v) is 11.8. The molecule has 2 rings (SSSR count). The van der Waals surface area contributed by atoms with Gasteiger partial charge < -0.3 is 10.3 Å². The molecule has 1 aromatic carbocycles. The second kappa shape index (κ2) is 5.13. The molecule has 0 aliphatic heterocycles. The third-order valence-electron chi connectivity index (χ3n) is 3.34. The van der Waals surface area contributed by atoms with Gasteiger partial charge in [-0.1, -0.05) is 6.07 Å². The van der Waals surface area contributed by atoms with E-state index in [0.29, 0.717) is 17.5 Å². The number of hydrogen-bond donors (Lipinski definition) is 1. The lowest BCUT2D eigenvalue weighted by atomic mass is 10.0. The summed E-state index contributed by atoms with van der Waals surface area (Å²) in [6, 6.07) is 4.25. The second-order valence-electron chi connectivity index (χ2n) is 5.53. The topological polar surface area (TPSA) is 30.9 Å². The highest BCUT2D eigenvalue weighted by molar-refractivity contribution is 5.88. The molecule has 2 N–H and O–H groups in total. The van der Waals surface area contributed by atoms with Crippen LogP contribution in [0.5, 0.6) is 0 Å². The van der Waals surface area contributed by atoms with Gasteiger partial charge in [0.25, 0.3) is 0 Å². The molecular weight excluding hydrogens is 265 g/mol. The van der Waals surface area contributed by atoms with Crippen LogP contribution in [0.1, 0.15) is 37.9 Å². The van der Waals surface area contributed by atoms with E-state index in [4.69, 9.17) is 5.73 Å². The van der Waals surface area contributed by atoms with Crippen molar-refractivity contribution in [1.82, 2.24) is 4.57 Å². The maximum Gasteiger partial charge on any atom is 0.417 e. The Labute approximate surface area is 116 Å². The number of aromatic nitrogens is 1. The first-order valence-electron chi connectivity index (χ1n) is 6.67. The Bertz CT molecular complexity index is 609. The zero-order valence-electron chi connectivity index (χ0n) is 11.8. The molecule has 0 bridgehead atoms. The average molecular weight is 284 g/mol. The number of halogens is 3. The lowest BCUT2D eigenvalue weighted by Gasteiger charge is -2.12. The Balaban J connectivity index is 2.77. The van der Waals surface area contributed by atoms with Crippen LogP contribution in [0.2, 0.25) is 0 Å². The van der Waals surface area contributed by atoms with E-state index in [2.05, 4.69) is 0 Å². The molecule has 0 aliphatic carbocycles. The van der Waals surface area contributed by atoms with Crippen LogP contribution in [0.15, 0.2) is 24.4 Å². The van der Waals surface area contributed by atoms with Crippen LogP contribution in [0, 0.1) is 0 Å². The first-order chi connectivity index (χ1) is 9.21. The predicted octanol–water partition coefficient (Wildman–Crippen LogP) is 4.13. The number of alkyl halides is 3. The minimum atomic E-state index is -4.35. The van der Waals surface area contributed by atoms with Gasteiger partial charge in [0.05, 0.1) is 5.56 Å². The Kier molecular flexibility index (Phi) is 3.82. The fraction of sp³-hybridized carbons (Fsp3) is 0.467. The highest BCUT2D eigenvalue weighted by Gasteiger charge is 2.34. The molecule has 5 heteroatoms. The molecule has 0 radical (unpaired) electrons. The van der Waals surface area contributed by atoms with Crippen LogP contribution >= 0.6 is 0 Å². The Morgan fingerprint density at radius 2 is 1.85 bits per heavy atom. The molecule has 20 heavy (non-hydrogen) atoms. The highest BCUT2D eigenvalue weighted by Crippen LogP contribution is 2.38. The lowest BCUT2D eigenvalue weighted by Crippen LogP contribution is -2.18. The molecule has 1 atom stereocenters. The quantitative estimate of drug-likeness (QED) is 0.902. The normalized spacial score (nSPS) is 14.2. The van der Waals surface area contributed by atoms with E-state index in [1.807, 2.05) is 18.4 Å². The second-order valence-corrected chi connectivity index (χ2v) is 5.53. The van der Waals surface area contributed by atoms with Crippen LogP contribution in [0.4, 0.5) is 13.2 Å². The van der Waals surface area contributed by atoms with Crippen molar-refractivity contribution in [3.05, 3.63) is 35.5 Å². The number of nitrogens with zero attached hydrogens (tertiary/aromatic N) is 1. The van der Waals surface area contributed by atoms with E-state index in [-0.39, 0.29) is 17.5 Å². The van der Waals surface area contributed by atoms with E-state index in [1.165, 1.54) is 6.07 Å². The maximum absolute atomic E-state index is 13.2. The molecule has 110 valence electrons. The van der Waals surface area contributed by atoms with Gasteiger partial charge in [-0.15, -0.1) is 0 Å². The summed E-state index contributed by atoms with van der Waals surface area (Å²) in [4.78, 5) is 0. The van der Waals surface area contributed by atoms with Crippen LogP contribution < -0.4 is 5.73 Å². The van der Waals surface area contributed by atoms with E-state index in [0.717, 1.165) is 6.07 Å². The van der Waals surface area contributed by atoms with Crippen LogP contribution in [0.25, 0.3) is 10.9 Å². The molecule has 1 aromatic heterocycles. The average Bonchev–Trinajstić information content (AvgIpc) is 2.66. The maximum atomic E-state index is 13.2. The van der Waals surface area contributed by atoms with Gasteiger partial charge in [0, 0.05) is 29.2 Å². The largest absolute Gasteiger partial charge is 0.417 e. The molecule has 1 heterocycles. The predicted molar refractivity (Wildman–Crippen MR) is 74.7 cm³/mol. The van der Waals surface area contributed by atoms with Crippen molar-refractivity contribution in [2.45, 2.75) is 45.5 Å². The Morgan fingerprint density at radius 1 is 1.20 bits per heavy atom. The van der Waals surface area contributed by atoms with Crippen molar-refractivity contribution >= 4 is 10.9 Å². The standard InChI is InChI=1S/C15H19F3N2/c1-9(2)20-8-11(7-10(3)19)14-12(15(16,17)18)5-4-6-13(14)20/h4-6,8-10H,7,19H2,1-3H3. The summed E-state index contributed by atoms with van der Waals surface area (Å²) in [5.74, 6) is 0. The highest BCUT2D eigenvalue weighted by atomic mass is 19.4. The molecule has 0 fully saturated rings. The SMILES string of the molecule is CC(N)Cc1cn(C(C)C)c2cccc(C(F)(F)F)c12. The summed E-state index contributed by atoms with van der Waals surface area (Å²) >= 11 is 0. The zero-order chi connectivity index (χ0) is 15.1. The molecule has 2 aromatic rings. The molecule has 0 amide bonds. The molecule has 0 saturated heterocycles. The number of nitrogens with two attached hydrogens (primary N) is 1. The Morgan fingerprint density at radius 3 is 2.35 bits per heavy atom. The van der Waals surface area contributed by atoms with Crippen molar-refractivity contribution in [2.75, 3.05) is 0 Å². The van der Waals surface area contributed by atoms with Crippen LogP contribution in [-0.2, 0) is 12.6 Å². The first-order valence-corrected chi connectivity index (χ1v) is 6.67. The first kappa shape index (κ1) is 14.9. The Hall–Kier alpha value is -1.49. The summed E-state index contributed by atoms with van der Waals surface area (Å²) in [6.07, 6.45) is -2.12. The summed E-state index contributed by atoms with van der Waals surface area (Å²) in [7, 11) is 0. The number of benzene rings is 1. The van der Waals surface area contributed by atoms with Crippen molar-refractivity contribution in [1.29, 1.82) is 0 Å². The van der Waals surface area contributed by atoms with Gasteiger partial charge in [0.1, 0.15) is 0 Å². The smallest absolute Gasteiger partial charge is 0.345 e. The minimum absolute atomic E-state index is 0.0998. The van der Waals surface area contributed by atoms with Gasteiger partial charge in [-0.05, 0) is 44.9 Å². The fourth-order valence-corrected chi connectivity index (χ4v) is 2.56. The summed E-state index contributed by atoms with van der Waals surface area (Å²) < 4.78 is 41.5. The summed E-state index contributed by atoms with van der Waals surface area (Å²) in [5, 5.41) is 0.283. The fourth-order valence-electron chi connectivity index (χ4n) is 2.56.